The van der Waals surface area contributed by atoms with Gasteiger partial charge in [0.15, 0.2) is 0 Å². The number of nitrogens with zero attached hydrogens (tertiary/aromatic N) is 2. The summed E-state index contributed by atoms with van der Waals surface area (Å²) < 4.78 is 13.3. The Hall–Kier alpha value is -1.86. The van der Waals surface area contributed by atoms with Crippen LogP contribution in [0.5, 0.6) is 0 Å². The fraction of sp³-hybridized carbons (Fsp3) is 0.438. The summed E-state index contributed by atoms with van der Waals surface area (Å²) in [6.07, 6.45) is 3.77. The van der Waals surface area contributed by atoms with Gasteiger partial charge in [-0.25, -0.2) is 4.39 Å². The molecule has 4 heteroatoms. The van der Waals surface area contributed by atoms with Crippen molar-refractivity contribution in [3.05, 3.63) is 35.8 Å². The number of halogens is 1. The largest absolute Gasteiger partial charge is 0.361 e. The van der Waals surface area contributed by atoms with Crippen LogP contribution in [0.15, 0.2) is 24.4 Å². The second-order valence-electron chi connectivity index (χ2n) is 5.14. The molecule has 1 atom stereocenters. The third-order valence-electron chi connectivity index (χ3n) is 3.89. The van der Waals surface area contributed by atoms with E-state index in [0.717, 1.165) is 35.9 Å². The monoisotopic (exact) mass is 273 g/mol. The summed E-state index contributed by atoms with van der Waals surface area (Å²) in [6, 6.07) is 7.39. The van der Waals surface area contributed by atoms with Gasteiger partial charge in [0, 0.05) is 29.7 Å². The highest BCUT2D eigenvalue weighted by atomic mass is 19.1. The van der Waals surface area contributed by atoms with Gasteiger partial charge in [-0.05, 0) is 43.5 Å². The first-order valence-electron chi connectivity index (χ1n) is 7.02. The molecule has 0 bridgehead atoms. The van der Waals surface area contributed by atoms with Crippen LogP contribution in [0.2, 0.25) is 0 Å². The van der Waals surface area contributed by atoms with E-state index in [1.807, 2.05) is 6.20 Å². The van der Waals surface area contributed by atoms with Crippen LogP contribution in [0.4, 0.5) is 4.39 Å². The van der Waals surface area contributed by atoms with Gasteiger partial charge in [0.2, 0.25) is 0 Å². The number of benzene rings is 1. The lowest BCUT2D eigenvalue weighted by Crippen LogP contribution is -2.34. The van der Waals surface area contributed by atoms with Crippen LogP contribution in [0.25, 0.3) is 10.9 Å². The minimum atomic E-state index is -0.214. The van der Waals surface area contributed by atoms with Gasteiger partial charge in [0.25, 0.3) is 0 Å². The topological polar surface area (TPSA) is 42.8 Å². The summed E-state index contributed by atoms with van der Waals surface area (Å²) in [5.74, 6) is -0.214. The van der Waals surface area contributed by atoms with Crippen molar-refractivity contribution in [2.45, 2.75) is 32.7 Å². The molecule has 0 aliphatic rings. The van der Waals surface area contributed by atoms with Gasteiger partial charge >= 0.3 is 0 Å². The summed E-state index contributed by atoms with van der Waals surface area (Å²) in [4.78, 5) is 5.33. The Morgan fingerprint density at radius 3 is 2.95 bits per heavy atom. The molecule has 106 valence electrons. The standard InChI is InChI=1S/C16H20FN3/c1-3-12(2)20(9-7-18)8-6-13-11-19-16-5-4-14(17)10-15(13)16/h4-5,10-12,19H,3,6,8-9H2,1-2H3. The fourth-order valence-electron chi connectivity index (χ4n) is 2.43. The van der Waals surface area contributed by atoms with Gasteiger partial charge < -0.3 is 4.98 Å². The predicted molar refractivity (Wildman–Crippen MR) is 78.9 cm³/mol. The Labute approximate surface area is 119 Å². The maximum atomic E-state index is 13.3. The number of aromatic nitrogens is 1. The number of nitriles is 1. The number of H-pyrrole nitrogens is 1. The molecule has 3 nitrogen and oxygen atoms in total. The Kier molecular flexibility index (Phi) is 4.75. The maximum absolute atomic E-state index is 13.3. The molecule has 1 unspecified atom stereocenters. The van der Waals surface area contributed by atoms with E-state index in [-0.39, 0.29) is 5.82 Å². The minimum absolute atomic E-state index is 0.214. The molecular formula is C16H20FN3. The SMILES string of the molecule is CCC(C)N(CC#N)CCc1c[nH]c2ccc(F)cc12. The van der Waals surface area contributed by atoms with Crippen molar-refractivity contribution in [2.24, 2.45) is 0 Å². The lowest BCUT2D eigenvalue weighted by Gasteiger charge is -2.25. The molecule has 0 fully saturated rings. The van der Waals surface area contributed by atoms with Crippen molar-refractivity contribution in [2.75, 3.05) is 13.1 Å². The molecule has 0 aliphatic heterocycles. The zero-order valence-corrected chi connectivity index (χ0v) is 12.0. The molecule has 0 radical (unpaired) electrons. The van der Waals surface area contributed by atoms with Crippen LogP contribution in [-0.2, 0) is 6.42 Å². The summed E-state index contributed by atoms with van der Waals surface area (Å²) >= 11 is 0. The summed E-state index contributed by atoms with van der Waals surface area (Å²) in [6.45, 7) is 5.50. The first kappa shape index (κ1) is 14.5. The Bertz CT molecular complexity index is 612. The van der Waals surface area contributed by atoms with Crippen molar-refractivity contribution in [1.82, 2.24) is 9.88 Å². The van der Waals surface area contributed by atoms with Gasteiger partial charge in [-0.1, -0.05) is 6.92 Å². The zero-order valence-electron chi connectivity index (χ0n) is 12.0. The van der Waals surface area contributed by atoms with E-state index in [1.165, 1.54) is 6.07 Å². The average Bonchev–Trinajstić information content (AvgIpc) is 2.85. The van der Waals surface area contributed by atoms with Crippen LogP contribution in [0.1, 0.15) is 25.8 Å². The lowest BCUT2D eigenvalue weighted by atomic mass is 10.1. The number of rotatable bonds is 6. The van der Waals surface area contributed by atoms with Crippen molar-refractivity contribution < 1.29 is 4.39 Å². The smallest absolute Gasteiger partial charge is 0.123 e. The Morgan fingerprint density at radius 2 is 2.25 bits per heavy atom. The van der Waals surface area contributed by atoms with Gasteiger partial charge in [0.05, 0.1) is 12.6 Å². The molecule has 0 saturated heterocycles. The van der Waals surface area contributed by atoms with Gasteiger partial charge in [-0.15, -0.1) is 0 Å². The zero-order chi connectivity index (χ0) is 14.5. The molecule has 2 rings (SSSR count). The second-order valence-corrected chi connectivity index (χ2v) is 5.14. The third kappa shape index (κ3) is 3.17. The number of nitrogens with one attached hydrogen (secondary N) is 1. The minimum Gasteiger partial charge on any atom is -0.361 e. The van der Waals surface area contributed by atoms with E-state index in [9.17, 15) is 4.39 Å². The quantitative estimate of drug-likeness (QED) is 0.819. The Morgan fingerprint density at radius 1 is 1.45 bits per heavy atom. The number of hydrogen-bond acceptors (Lipinski definition) is 2. The highest BCUT2D eigenvalue weighted by molar-refractivity contribution is 5.83. The normalized spacial score (nSPS) is 12.8. The van der Waals surface area contributed by atoms with Gasteiger partial charge in [-0.3, -0.25) is 4.90 Å². The molecular weight excluding hydrogens is 253 g/mol. The highest BCUT2D eigenvalue weighted by Crippen LogP contribution is 2.20. The molecule has 0 spiro atoms. The molecule has 0 saturated carbocycles. The van der Waals surface area contributed by atoms with Crippen LogP contribution in [0.3, 0.4) is 0 Å². The van der Waals surface area contributed by atoms with Gasteiger partial charge in [0.1, 0.15) is 5.82 Å². The number of aromatic amines is 1. The third-order valence-corrected chi connectivity index (χ3v) is 3.89. The molecule has 20 heavy (non-hydrogen) atoms. The van der Waals surface area contributed by atoms with Gasteiger partial charge in [-0.2, -0.15) is 5.26 Å². The number of hydrogen-bond donors (Lipinski definition) is 1. The van der Waals surface area contributed by atoms with Crippen LogP contribution in [-0.4, -0.2) is 29.0 Å². The molecule has 2 aromatic rings. The average molecular weight is 273 g/mol. The van der Waals surface area contributed by atoms with Crippen LogP contribution >= 0.6 is 0 Å². The molecule has 1 aromatic heterocycles. The first-order chi connectivity index (χ1) is 9.65. The molecule has 1 heterocycles. The van der Waals surface area contributed by atoms with Crippen molar-refractivity contribution in [3.8, 4) is 6.07 Å². The van der Waals surface area contributed by atoms with Crippen LogP contribution in [0, 0.1) is 17.1 Å². The van der Waals surface area contributed by atoms with Crippen molar-refractivity contribution >= 4 is 10.9 Å². The van der Waals surface area contributed by atoms with E-state index < -0.39 is 0 Å². The van der Waals surface area contributed by atoms with E-state index in [4.69, 9.17) is 5.26 Å². The van der Waals surface area contributed by atoms with Crippen molar-refractivity contribution in [3.63, 3.8) is 0 Å². The summed E-state index contributed by atoms with van der Waals surface area (Å²) in [7, 11) is 0. The summed E-state index contributed by atoms with van der Waals surface area (Å²) in [5, 5.41) is 9.84. The predicted octanol–water partition coefficient (Wildman–Crippen LogP) is 3.47. The first-order valence-corrected chi connectivity index (χ1v) is 7.02. The second kappa shape index (κ2) is 6.53. The van der Waals surface area contributed by atoms with E-state index >= 15 is 0 Å². The fourth-order valence-corrected chi connectivity index (χ4v) is 2.43. The van der Waals surface area contributed by atoms with E-state index in [2.05, 4.69) is 29.8 Å². The number of fused-ring (bicyclic) bond motifs is 1. The molecule has 1 N–H and O–H groups in total. The summed E-state index contributed by atoms with van der Waals surface area (Å²) in [5.41, 5.74) is 2.06. The van der Waals surface area contributed by atoms with E-state index in [0.29, 0.717) is 12.6 Å². The molecule has 0 aliphatic carbocycles. The van der Waals surface area contributed by atoms with Crippen LogP contribution < -0.4 is 0 Å². The van der Waals surface area contributed by atoms with Crippen molar-refractivity contribution in [1.29, 1.82) is 5.26 Å². The molecule has 1 aromatic carbocycles. The maximum Gasteiger partial charge on any atom is 0.123 e. The van der Waals surface area contributed by atoms with E-state index in [1.54, 1.807) is 12.1 Å². The highest BCUT2D eigenvalue weighted by Gasteiger charge is 2.13. The molecule has 0 amide bonds. The lowest BCUT2D eigenvalue weighted by molar-refractivity contribution is 0.232. The Balaban J connectivity index is 2.11.